The predicted molar refractivity (Wildman–Crippen MR) is 136 cm³/mol. The molecule has 3 aromatic rings. The van der Waals surface area contributed by atoms with Crippen molar-refractivity contribution in [2.24, 2.45) is 0 Å². The highest BCUT2D eigenvalue weighted by Crippen LogP contribution is 2.35. The molecule has 2 aliphatic rings. The van der Waals surface area contributed by atoms with E-state index in [1.54, 1.807) is 0 Å². The van der Waals surface area contributed by atoms with Crippen LogP contribution in [0.5, 0.6) is 11.5 Å². The van der Waals surface area contributed by atoms with Crippen molar-refractivity contribution in [1.29, 1.82) is 0 Å². The summed E-state index contributed by atoms with van der Waals surface area (Å²) in [6.07, 6.45) is 3.14. The lowest BCUT2D eigenvalue weighted by Crippen LogP contribution is -2.43. The van der Waals surface area contributed by atoms with Gasteiger partial charge < -0.3 is 29.4 Å². The fourth-order valence-electron chi connectivity index (χ4n) is 4.48. The molecule has 0 saturated carbocycles. The molecule has 5 rings (SSSR count). The van der Waals surface area contributed by atoms with Crippen LogP contribution in [0.1, 0.15) is 29.5 Å². The first kappa shape index (κ1) is 22.7. The molecule has 3 heterocycles. The van der Waals surface area contributed by atoms with Gasteiger partial charge in [-0.05, 0) is 61.7 Å². The van der Waals surface area contributed by atoms with Crippen LogP contribution in [0.25, 0.3) is 10.9 Å². The van der Waals surface area contributed by atoms with Gasteiger partial charge in [0.1, 0.15) is 0 Å². The van der Waals surface area contributed by atoms with Crippen molar-refractivity contribution in [1.82, 2.24) is 15.2 Å². The molecule has 0 spiro atoms. The number of nitrogens with one attached hydrogen (secondary N) is 2. The van der Waals surface area contributed by atoms with Crippen LogP contribution in [-0.2, 0) is 17.7 Å². The number of H-pyrrole nitrogens is 1. The third-order valence-corrected chi connectivity index (χ3v) is 6.88. The van der Waals surface area contributed by atoms with Gasteiger partial charge in [-0.15, -0.1) is 0 Å². The zero-order valence-electron chi connectivity index (χ0n) is 19.3. The molecule has 0 radical (unpaired) electrons. The van der Waals surface area contributed by atoms with Crippen LogP contribution in [0.4, 0.5) is 0 Å². The first-order chi connectivity index (χ1) is 16.6. The molecule has 0 amide bonds. The summed E-state index contributed by atoms with van der Waals surface area (Å²) in [5, 5.41) is 4.90. The Morgan fingerprint density at radius 3 is 2.79 bits per heavy atom. The van der Waals surface area contributed by atoms with Crippen molar-refractivity contribution in [3.63, 3.8) is 0 Å². The summed E-state index contributed by atoms with van der Waals surface area (Å²) in [6.45, 7) is 4.90. The number of ether oxygens (including phenoxy) is 3. The molecule has 1 aromatic heterocycles. The smallest absolute Gasteiger partial charge is 0.253 e. The number of aryl methyl sites for hydroxylation is 1. The lowest BCUT2D eigenvalue weighted by atomic mass is 10.1. The number of aromatic nitrogens is 1. The standard InChI is InChI=1S/C26H29N3O4S/c1-17-5-2-3-6-18(17)8-9-29(26(34)27-14-21-7-4-10-31-21)15-20-11-19-12-23-24(33-16-32-23)13-22(19)28-25(20)30/h2-3,5-6,11-13,21H,4,7-10,14-16H2,1H3,(H,27,34)(H,28,30)/t21-/m0/s1. The number of pyridine rings is 1. The maximum absolute atomic E-state index is 12.9. The predicted octanol–water partition coefficient (Wildman–Crippen LogP) is 3.66. The van der Waals surface area contributed by atoms with Gasteiger partial charge in [-0.1, -0.05) is 24.3 Å². The van der Waals surface area contributed by atoms with Crippen LogP contribution in [-0.4, -0.2) is 47.6 Å². The molecular formula is C26H29N3O4S. The second-order valence-corrected chi connectivity index (χ2v) is 9.22. The second-order valence-electron chi connectivity index (χ2n) is 8.84. The van der Waals surface area contributed by atoms with Gasteiger partial charge >= 0.3 is 0 Å². The van der Waals surface area contributed by atoms with Crippen molar-refractivity contribution in [2.45, 2.75) is 38.8 Å². The van der Waals surface area contributed by atoms with E-state index in [1.807, 2.05) is 24.3 Å². The minimum Gasteiger partial charge on any atom is -0.454 e. The fourth-order valence-corrected chi connectivity index (χ4v) is 4.72. The third-order valence-electron chi connectivity index (χ3n) is 6.48. The Bertz CT molecular complexity index is 1250. The van der Waals surface area contributed by atoms with Crippen molar-refractivity contribution in [2.75, 3.05) is 26.5 Å². The molecule has 7 nitrogen and oxygen atoms in total. The summed E-state index contributed by atoms with van der Waals surface area (Å²) in [6, 6.07) is 14.0. The van der Waals surface area contributed by atoms with Crippen LogP contribution >= 0.6 is 12.2 Å². The lowest BCUT2D eigenvalue weighted by Gasteiger charge is -2.27. The van der Waals surface area contributed by atoms with Gasteiger partial charge in [0.25, 0.3) is 5.56 Å². The zero-order chi connectivity index (χ0) is 23.5. The van der Waals surface area contributed by atoms with E-state index in [4.69, 9.17) is 26.4 Å². The van der Waals surface area contributed by atoms with Crippen molar-refractivity contribution in [3.8, 4) is 11.5 Å². The average Bonchev–Trinajstić information content (AvgIpc) is 3.51. The van der Waals surface area contributed by atoms with E-state index >= 15 is 0 Å². The van der Waals surface area contributed by atoms with Crippen molar-refractivity contribution in [3.05, 3.63) is 69.5 Å². The van der Waals surface area contributed by atoms with Gasteiger partial charge in [-0.2, -0.15) is 0 Å². The van der Waals surface area contributed by atoms with Gasteiger partial charge in [-0.3, -0.25) is 4.79 Å². The minimum atomic E-state index is -0.130. The molecule has 1 fully saturated rings. The molecule has 8 heteroatoms. The van der Waals surface area contributed by atoms with Crippen LogP contribution in [0.3, 0.4) is 0 Å². The highest BCUT2D eigenvalue weighted by atomic mass is 32.1. The summed E-state index contributed by atoms with van der Waals surface area (Å²) in [4.78, 5) is 18.0. The molecule has 2 N–H and O–H groups in total. The molecule has 1 saturated heterocycles. The second kappa shape index (κ2) is 10.0. The Morgan fingerprint density at radius 1 is 1.18 bits per heavy atom. The summed E-state index contributed by atoms with van der Waals surface area (Å²) < 4.78 is 16.7. The molecule has 178 valence electrons. The van der Waals surface area contributed by atoms with E-state index in [0.29, 0.717) is 41.8 Å². The number of aromatic amines is 1. The highest BCUT2D eigenvalue weighted by Gasteiger charge is 2.20. The number of fused-ring (bicyclic) bond motifs is 2. The monoisotopic (exact) mass is 479 g/mol. The maximum atomic E-state index is 12.9. The van der Waals surface area contributed by atoms with Crippen LogP contribution in [0, 0.1) is 6.92 Å². The molecule has 2 aromatic carbocycles. The molecule has 0 unspecified atom stereocenters. The summed E-state index contributed by atoms with van der Waals surface area (Å²) in [5.41, 5.74) is 3.77. The Labute approximate surface area is 204 Å². The topological polar surface area (TPSA) is 75.8 Å². The molecule has 0 bridgehead atoms. The number of thiocarbonyl (C=S) groups is 1. The fraction of sp³-hybridized carbons (Fsp3) is 0.385. The van der Waals surface area contributed by atoms with Gasteiger partial charge in [0.05, 0.1) is 18.2 Å². The molecule has 0 aliphatic carbocycles. The Morgan fingerprint density at radius 2 is 2.00 bits per heavy atom. The summed E-state index contributed by atoms with van der Waals surface area (Å²) >= 11 is 5.77. The van der Waals surface area contributed by atoms with Crippen molar-refractivity contribution >= 4 is 28.2 Å². The first-order valence-corrected chi connectivity index (χ1v) is 12.1. The number of hydrogen-bond acceptors (Lipinski definition) is 5. The zero-order valence-corrected chi connectivity index (χ0v) is 20.1. The average molecular weight is 480 g/mol. The maximum Gasteiger partial charge on any atom is 0.253 e. The number of benzene rings is 2. The molecular weight excluding hydrogens is 450 g/mol. The van der Waals surface area contributed by atoms with Crippen LogP contribution < -0.4 is 20.3 Å². The van der Waals surface area contributed by atoms with Crippen molar-refractivity contribution < 1.29 is 14.2 Å². The van der Waals surface area contributed by atoms with E-state index in [1.165, 1.54) is 11.1 Å². The third kappa shape index (κ3) is 5.03. The molecule has 2 aliphatic heterocycles. The van der Waals surface area contributed by atoms with Gasteiger partial charge in [-0.25, -0.2) is 0 Å². The van der Waals surface area contributed by atoms with E-state index in [2.05, 4.69) is 40.3 Å². The van der Waals surface area contributed by atoms with Crippen LogP contribution in [0.2, 0.25) is 0 Å². The van der Waals surface area contributed by atoms with Gasteiger partial charge in [0.2, 0.25) is 6.79 Å². The Hall–Kier alpha value is -3.10. The SMILES string of the molecule is Cc1ccccc1CCN(Cc1cc2cc3c(cc2[nH]c1=O)OCO3)C(=S)NC[C@@H]1CCCO1. The van der Waals surface area contributed by atoms with E-state index in [9.17, 15) is 4.79 Å². The number of rotatable bonds is 7. The quantitative estimate of drug-likeness (QED) is 0.501. The highest BCUT2D eigenvalue weighted by molar-refractivity contribution is 7.80. The summed E-state index contributed by atoms with van der Waals surface area (Å²) in [5.74, 6) is 1.34. The van der Waals surface area contributed by atoms with E-state index < -0.39 is 0 Å². The number of hydrogen-bond donors (Lipinski definition) is 2. The first-order valence-electron chi connectivity index (χ1n) is 11.7. The Balaban J connectivity index is 1.37. The largest absolute Gasteiger partial charge is 0.454 e. The minimum absolute atomic E-state index is 0.130. The van der Waals surface area contributed by atoms with E-state index in [0.717, 1.165) is 36.8 Å². The van der Waals surface area contributed by atoms with Gasteiger partial charge in [0, 0.05) is 36.7 Å². The number of nitrogens with zero attached hydrogens (tertiary/aromatic N) is 1. The lowest BCUT2D eigenvalue weighted by molar-refractivity contribution is 0.113. The molecule has 1 atom stereocenters. The normalized spacial score (nSPS) is 16.7. The Kier molecular flexibility index (Phi) is 6.69. The molecule has 34 heavy (non-hydrogen) atoms. The summed E-state index contributed by atoms with van der Waals surface area (Å²) in [7, 11) is 0. The van der Waals surface area contributed by atoms with Gasteiger partial charge in [0.15, 0.2) is 16.6 Å². The van der Waals surface area contributed by atoms with Crippen LogP contribution in [0.15, 0.2) is 47.3 Å². The van der Waals surface area contributed by atoms with E-state index in [-0.39, 0.29) is 18.5 Å².